The summed E-state index contributed by atoms with van der Waals surface area (Å²) < 4.78 is 0. The maximum absolute atomic E-state index is 6.00. The molecule has 1 aromatic rings. The number of aromatic nitrogens is 1. The summed E-state index contributed by atoms with van der Waals surface area (Å²) in [5.41, 5.74) is 0. The second kappa shape index (κ2) is 6.11. The molecule has 5 nitrogen and oxygen atoms in total. The van der Waals surface area contributed by atoms with Crippen molar-refractivity contribution in [3.05, 3.63) is 22.3 Å². The van der Waals surface area contributed by atoms with Crippen LogP contribution in [0, 0.1) is 0 Å². The van der Waals surface area contributed by atoms with Crippen LogP contribution in [0.15, 0.2) is 17.3 Å². The number of hydrogen-bond donors (Lipinski definition) is 2. The highest BCUT2D eigenvalue weighted by atomic mass is 35.5. The van der Waals surface area contributed by atoms with E-state index in [1.54, 1.807) is 12.3 Å². The van der Waals surface area contributed by atoms with Crippen molar-refractivity contribution in [3.63, 3.8) is 0 Å². The zero-order valence-corrected chi connectivity index (χ0v) is 11.6. The minimum atomic E-state index is 0.526. The fourth-order valence-corrected chi connectivity index (χ4v) is 2.07. The van der Waals surface area contributed by atoms with Gasteiger partial charge in [-0.3, -0.25) is 4.99 Å². The summed E-state index contributed by atoms with van der Waals surface area (Å²) in [7, 11) is 2.02. The molecule has 0 amide bonds. The Balaban J connectivity index is 1.75. The summed E-state index contributed by atoms with van der Waals surface area (Å²) in [6.45, 7) is 3.29. The first-order valence-corrected chi connectivity index (χ1v) is 6.47. The maximum Gasteiger partial charge on any atom is 0.193 e. The second-order valence-electron chi connectivity index (χ2n) is 3.96. The molecule has 0 unspecified atom stereocenters. The monoisotopic (exact) mass is 287 g/mol. The molecule has 0 saturated heterocycles. The van der Waals surface area contributed by atoms with E-state index in [1.165, 1.54) is 0 Å². The summed E-state index contributed by atoms with van der Waals surface area (Å²) in [6.07, 6.45) is 1.57. The highest BCUT2D eigenvalue weighted by Gasteiger charge is 2.10. The van der Waals surface area contributed by atoms with E-state index in [2.05, 4.69) is 25.5 Å². The van der Waals surface area contributed by atoms with Gasteiger partial charge in [-0.1, -0.05) is 23.2 Å². The zero-order valence-electron chi connectivity index (χ0n) is 10.1. The Morgan fingerprint density at radius 1 is 1.33 bits per heavy atom. The highest BCUT2D eigenvalue weighted by Crippen LogP contribution is 2.21. The maximum atomic E-state index is 6.00. The Labute approximate surface area is 116 Å². The van der Waals surface area contributed by atoms with E-state index >= 15 is 0 Å². The van der Waals surface area contributed by atoms with Crippen molar-refractivity contribution in [2.75, 3.05) is 38.5 Å². The van der Waals surface area contributed by atoms with Gasteiger partial charge in [0.1, 0.15) is 5.82 Å². The van der Waals surface area contributed by atoms with Crippen LogP contribution in [0.4, 0.5) is 5.82 Å². The van der Waals surface area contributed by atoms with E-state index in [1.807, 2.05) is 7.05 Å². The lowest BCUT2D eigenvalue weighted by Gasteiger charge is -2.15. The Hall–Kier alpha value is -1.20. The van der Waals surface area contributed by atoms with Crippen molar-refractivity contribution >= 4 is 35.0 Å². The average Bonchev–Trinajstić information content (AvgIpc) is 2.73. The summed E-state index contributed by atoms with van der Waals surface area (Å²) in [5, 5.41) is 7.45. The molecule has 98 valence electrons. The number of likely N-dealkylation sites (N-methyl/N-ethyl adjacent to an activating group) is 1. The number of aliphatic imine (C=N–C) groups is 1. The van der Waals surface area contributed by atoms with Gasteiger partial charge in [-0.2, -0.15) is 0 Å². The molecule has 0 atom stereocenters. The van der Waals surface area contributed by atoms with E-state index < -0.39 is 0 Å². The van der Waals surface area contributed by atoms with Crippen LogP contribution in [0.25, 0.3) is 0 Å². The van der Waals surface area contributed by atoms with Gasteiger partial charge < -0.3 is 15.5 Å². The van der Waals surface area contributed by atoms with Crippen LogP contribution in [0.3, 0.4) is 0 Å². The normalized spacial score (nSPS) is 14.6. The molecule has 1 aliphatic heterocycles. The molecule has 2 heterocycles. The number of guanidine groups is 1. The van der Waals surface area contributed by atoms with Crippen molar-refractivity contribution in [3.8, 4) is 0 Å². The zero-order chi connectivity index (χ0) is 13.0. The minimum absolute atomic E-state index is 0.526. The van der Waals surface area contributed by atoms with Crippen molar-refractivity contribution in [2.45, 2.75) is 0 Å². The second-order valence-corrected chi connectivity index (χ2v) is 4.81. The molecule has 1 aliphatic rings. The van der Waals surface area contributed by atoms with Crippen LogP contribution in [0.2, 0.25) is 10.0 Å². The third kappa shape index (κ3) is 3.40. The van der Waals surface area contributed by atoms with E-state index in [4.69, 9.17) is 23.2 Å². The van der Waals surface area contributed by atoms with Gasteiger partial charge in [0.05, 0.1) is 16.6 Å². The number of pyridine rings is 1. The molecule has 0 fully saturated rings. The fraction of sp³-hybridized carbons (Fsp3) is 0.455. The van der Waals surface area contributed by atoms with Crippen molar-refractivity contribution in [2.24, 2.45) is 4.99 Å². The number of hydrogen-bond acceptors (Lipinski definition) is 5. The molecule has 2 N–H and O–H groups in total. The molecule has 0 saturated carbocycles. The first kappa shape index (κ1) is 13.2. The molecule has 0 aromatic carbocycles. The molecule has 0 spiro atoms. The number of nitrogens with zero attached hydrogens (tertiary/aromatic N) is 3. The molecular weight excluding hydrogens is 273 g/mol. The van der Waals surface area contributed by atoms with Crippen molar-refractivity contribution in [1.29, 1.82) is 0 Å². The molecule has 1 aromatic heterocycles. The van der Waals surface area contributed by atoms with Crippen LogP contribution in [0.1, 0.15) is 0 Å². The van der Waals surface area contributed by atoms with Crippen molar-refractivity contribution < 1.29 is 0 Å². The molecule has 2 rings (SSSR count). The van der Waals surface area contributed by atoms with Gasteiger partial charge in [-0.05, 0) is 6.07 Å². The summed E-state index contributed by atoms with van der Waals surface area (Å²) >= 11 is 11.8. The Bertz CT molecular complexity index is 449. The summed E-state index contributed by atoms with van der Waals surface area (Å²) in [5.74, 6) is 1.58. The van der Waals surface area contributed by atoms with Crippen LogP contribution < -0.4 is 10.6 Å². The molecule has 7 heteroatoms. The van der Waals surface area contributed by atoms with Crippen molar-refractivity contribution in [1.82, 2.24) is 15.2 Å². The molecule has 0 bridgehead atoms. The molecular formula is C11H15Cl2N5. The quantitative estimate of drug-likeness (QED) is 0.828. The fourth-order valence-electron chi connectivity index (χ4n) is 1.62. The smallest absolute Gasteiger partial charge is 0.193 e. The number of halogens is 2. The Kier molecular flexibility index (Phi) is 4.49. The van der Waals surface area contributed by atoms with E-state index in [0.29, 0.717) is 22.4 Å². The van der Waals surface area contributed by atoms with Gasteiger partial charge in [0.2, 0.25) is 0 Å². The van der Waals surface area contributed by atoms with E-state index in [9.17, 15) is 0 Å². The topological polar surface area (TPSA) is 52.5 Å². The van der Waals surface area contributed by atoms with Crippen LogP contribution in [-0.2, 0) is 0 Å². The van der Waals surface area contributed by atoms with Gasteiger partial charge in [-0.15, -0.1) is 0 Å². The van der Waals surface area contributed by atoms with Gasteiger partial charge >= 0.3 is 0 Å². The predicted octanol–water partition coefficient (Wildman–Crippen LogP) is 1.69. The molecule has 0 radical (unpaired) electrons. The Morgan fingerprint density at radius 3 is 2.78 bits per heavy atom. The number of nitrogens with one attached hydrogen (secondary N) is 2. The number of anilines is 1. The van der Waals surface area contributed by atoms with Crippen LogP contribution in [0.5, 0.6) is 0 Å². The van der Waals surface area contributed by atoms with Gasteiger partial charge in [-0.25, -0.2) is 4.98 Å². The van der Waals surface area contributed by atoms with Gasteiger partial charge in [0, 0.05) is 32.9 Å². The van der Waals surface area contributed by atoms with E-state index in [-0.39, 0.29) is 0 Å². The first-order chi connectivity index (χ1) is 8.66. The largest absolute Gasteiger partial charge is 0.367 e. The third-order valence-electron chi connectivity index (χ3n) is 2.57. The minimum Gasteiger partial charge on any atom is -0.367 e. The number of rotatable bonds is 4. The van der Waals surface area contributed by atoms with Crippen LogP contribution >= 0.6 is 23.2 Å². The standard InChI is InChI=1S/C11H15Cl2N5/c1-18-5-4-16-11(18)15-3-2-14-10-9(13)6-8(12)7-17-10/h6-7H,2-5H2,1H3,(H,14,17)(H,15,16). The summed E-state index contributed by atoms with van der Waals surface area (Å²) in [6, 6.07) is 1.67. The Morgan fingerprint density at radius 2 is 2.11 bits per heavy atom. The highest BCUT2D eigenvalue weighted by molar-refractivity contribution is 6.35. The van der Waals surface area contributed by atoms with Crippen LogP contribution in [-0.4, -0.2) is 49.1 Å². The predicted molar refractivity (Wildman–Crippen MR) is 75.7 cm³/mol. The third-order valence-corrected chi connectivity index (χ3v) is 3.06. The average molecular weight is 288 g/mol. The summed E-state index contributed by atoms with van der Waals surface area (Å²) in [4.78, 5) is 10.5. The SMILES string of the molecule is CN1CCN=C1NCCNc1ncc(Cl)cc1Cl. The van der Waals surface area contributed by atoms with E-state index in [0.717, 1.165) is 25.6 Å². The lowest BCUT2D eigenvalue weighted by atomic mass is 10.4. The van der Waals surface area contributed by atoms with Gasteiger partial charge in [0.25, 0.3) is 0 Å². The lowest BCUT2D eigenvalue weighted by Crippen LogP contribution is -2.37. The lowest BCUT2D eigenvalue weighted by molar-refractivity contribution is 0.535. The molecule has 18 heavy (non-hydrogen) atoms. The first-order valence-electron chi connectivity index (χ1n) is 5.71. The molecule has 0 aliphatic carbocycles. The van der Waals surface area contributed by atoms with Gasteiger partial charge in [0.15, 0.2) is 5.96 Å².